The molecular weight excluding hydrogens is 260 g/mol. The van der Waals surface area contributed by atoms with Crippen LogP contribution in [0.2, 0.25) is 0 Å². The van der Waals surface area contributed by atoms with Gasteiger partial charge in [-0.25, -0.2) is 4.98 Å². The number of nitrogen functional groups attached to an aromatic ring is 1. The molecule has 0 aliphatic carbocycles. The van der Waals surface area contributed by atoms with Crippen LogP contribution in [0.4, 0.5) is 5.69 Å². The van der Waals surface area contributed by atoms with Gasteiger partial charge in [0.05, 0.1) is 17.4 Å². The molecule has 0 unspecified atom stereocenters. The van der Waals surface area contributed by atoms with Gasteiger partial charge in [0.1, 0.15) is 5.03 Å². The Hall–Kier alpha value is -2.08. The summed E-state index contributed by atoms with van der Waals surface area (Å²) in [6.07, 6.45) is 4.86. The van der Waals surface area contributed by atoms with Crippen LogP contribution in [0, 0.1) is 0 Å². The molecule has 2 aromatic heterocycles. The molecule has 98 valence electrons. The molecule has 0 atom stereocenters. The Kier molecular flexibility index (Phi) is 4.01. The van der Waals surface area contributed by atoms with Crippen LogP contribution in [0.3, 0.4) is 0 Å². The number of carbonyl (C=O) groups is 1. The zero-order valence-corrected chi connectivity index (χ0v) is 11.5. The summed E-state index contributed by atoms with van der Waals surface area (Å²) in [6.45, 7) is 0. The van der Waals surface area contributed by atoms with Gasteiger partial charge in [-0.3, -0.25) is 9.78 Å². The predicted molar refractivity (Wildman–Crippen MR) is 75.0 cm³/mol. The molecule has 19 heavy (non-hydrogen) atoms. The Morgan fingerprint density at radius 2 is 2.05 bits per heavy atom. The molecule has 6 heteroatoms. The number of amides is 1. The van der Waals surface area contributed by atoms with E-state index >= 15 is 0 Å². The Balaban J connectivity index is 2.16. The minimum absolute atomic E-state index is 0.0625. The molecule has 2 heterocycles. The lowest BCUT2D eigenvalue weighted by Gasteiger charge is -2.10. The predicted octanol–water partition coefficient (Wildman–Crippen LogP) is 1.91. The quantitative estimate of drug-likeness (QED) is 0.925. The smallest absolute Gasteiger partial charge is 0.254 e. The molecule has 1 amide bonds. The van der Waals surface area contributed by atoms with E-state index in [1.54, 1.807) is 44.8 Å². The first-order chi connectivity index (χ1) is 9.08. The van der Waals surface area contributed by atoms with Gasteiger partial charge in [-0.1, -0.05) is 11.8 Å². The second-order valence-corrected chi connectivity index (χ2v) is 5.16. The SMILES string of the molecule is CN(C)C(=O)c1ccc(Sc2ccncc2N)nc1. The van der Waals surface area contributed by atoms with Gasteiger partial charge in [0.15, 0.2) is 0 Å². The highest BCUT2D eigenvalue weighted by Gasteiger charge is 2.09. The van der Waals surface area contributed by atoms with Crippen LogP contribution >= 0.6 is 11.8 Å². The lowest BCUT2D eigenvalue weighted by Crippen LogP contribution is -2.21. The van der Waals surface area contributed by atoms with Gasteiger partial charge >= 0.3 is 0 Å². The van der Waals surface area contributed by atoms with Crippen LogP contribution in [0.15, 0.2) is 46.7 Å². The molecule has 0 saturated carbocycles. The van der Waals surface area contributed by atoms with Crippen molar-refractivity contribution < 1.29 is 4.79 Å². The molecule has 5 nitrogen and oxygen atoms in total. The first-order valence-electron chi connectivity index (χ1n) is 5.63. The lowest BCUT2D eigenvalue weighted by atomic mass is 10.2. The maximum absolute atomic E-state index is 11.7. The van der Waals surface area contributed by atoms with Crippen LogP contribution in [0.25, 0.3) is 0 Å². The van der Waals surface area contributed by atoms with Gasteiger partial charge < -0.3 is 10.6 Å². The summed E-state index contributed by atoms with van der Waals surface area (Å²) in [7, 11) is 3.42. The van der Waals surface area contributed by atoms with Gasteiger partial charge in [0.2, 0.25) is 0 Å². The maximum atomic E-state index is 11.7. The summed E-state index contributed by atoms with van der Waals surface area (Å²) < 4.78 is 0. The number of anilines is 1. The van der Waals surface area contributed by atoms with Crippen molar-refractivity contribution in [2.24, 2.45) is 0 Å². The number of aromatic nitrogens is 2. The summed E-state index contributed by atoms with van der Waals surface area (Å²) in [5.74, 6) is -0.0625. The highest BCUT2D eigenvalue weighted by molar-refractivity contribution is 7.99. The second-order valence-electron chi connectivity index (χ2n) is 4.10. The van der Waals surface area contributed by atoms with Crippen molar-refractivity contribution in [1.29, 1.82) is 0 Å². The molecule has 0 bridgehead atoms. The summed E-state index contributed by atoms with van der Waals surface area (Å²) in [5, 5.41) is 0.785. The molecule has 2 rings (SSSR count). The average molecular weight is 274 g/mol. The number of nitrogens with zero attached hydrogens (tertiary/aromatic N) is 3. The van der Waals surface area contributed by atoms with Crippen LogP contribution in [-0.4, -0.2) is 34.9 Å². The van der Waals surface area contributed by atoms with Crippen LogP contribution in [-0.2, 0) is 0 Å². The fourth-order valence-electron chi connectivity index (χ4n) is 1.42. The number of nitrogens with two attached hydrogens (primary N) is 1. The standard InChI is InChI=1S/C13H14N4OS/c1-17(2)13(18)9-3-4-12(16-7-9)19-11-5-6-15-8-10(11)14/h3-8H,14H2,1-2H3. The molecule has 0 saturated heterocycles. The normalized spacial score (nSPS) is 10.2. The summed E-state index contributed by atoms with van der Waals surface area (Å²) in [6, 6.07) is 5.40. The van der Waals surface area contributed by atoms with E-state index < -0.39 is 0 Å². The van der Waals surface area contributed by atoms with E-state index in [0.717, 1.165) is 9.92 Å². The van der Waals surface area contributed by atoms with Gasteiger partial charge in [-0.15, -0.1) is 0 Å². The van der Waals surface area contributed by atoms with Crippen LogP contribution in [0.1, 0.15) is 10.4 Å². The third-order valence-corrected chi connectivity index (χ3v) is 3.46. The van der Waals surface area contributed by atoms with Crippen molar-refractivity contribution in [2.45, 2.75) is 9.92 Å². The largest absolute Gasteiger partial charge is 0.397 e. The number of rotatable bonds is 3. The van der Waals surface area contributed by atoms with Gasteiger partial charge in [0, 0.05) is 31.4 Å². The molecule has 2 N–H and O–H groups in total. The first-order valence-corrected chi connectivity index (χ1v) is 6.44. The summed E-state index contributed by atoms with van der Waals surface area (Å²) in [5.41, 5.74) is 6.99. The van der Waals surface area contributed by atoms with Crippen molar-refractivity contribution in [3.63, 3.8) is 0 Å². The molecule has 0 radical (unpaired) electrons. The monoisotopic (exact) mass is 274 g/mol. The molecule has 0 fully saturated rings. The van der Waals surface area contributed by atoms with Crippen molar-refractivity contribution in [3.05, 3.63) is 42.4 Å². The molecule has 0 aromatic carbocycles. The minimum Gasteiger partial charge on any atom is -0.397 e. The first kappa shape index (κ1) is 13.4. The zero-order valence-electron chi connectivity index (χ0n) is 10.7. The van der Waals surface area contributed by atoms with Gasteiger partial charge in [0.25, 0.3) is 5.91 Å². The maximum Gasteiger partial charge on any atom is 0.254 e. The van der Waals surface area contributed by atoms with E-state index in [0.29, 0.717) is 11.3 Å². The zero-order chi connectivity index (χ0) is 13.8. The second kappa shape index (κ2) is 5.71. The number of hydrogen-bond acceptors (Lipinski definition) is 5. The fraction of sp³-hybridized carbons (Fsp3) is 0.154. The van der Waals surface area contributed by atoms with Crippen molar-refractivity contribution in [1.82, 2.24) is 14.9 Å². The van der Waals surface area contributed by atoms with Crippen molar-refractivity contribution >= 4 is 23.4 Å². The van der Waals surface area contributed by atoms with Crippen LogP contribution in [0.5, 0.6) is 0 Å². The van der Waals surface area contributed by atoms with E-state index in [1.165, 1.54) is 16.7 Å². The Labute approximate surface area is 115 Å². The molecule has 2 aromatic rings. The molecule has 0 aliphatic rings. The van der Waals surface area contributed by atoms with E-state index in [4.69, 9.17) is 5.73 Å². The molecule has 0 aliphatic heterocycles. The molecular formula is C13H14N4OS. The third-order valence-electron chi connectivity index (χ3n) is 2.41. The lowest BCUT2D eigenvalue weighted by molar-refractivity contribution is 0.0827. The third kappa shape index (κ3) is 3.23. The molecule has 0 spiro atoms. The van der Waals surface area contributed by atoms with Crippen molar-refractivity contribution in [2.75, 3.05) is 19.8 Å². The number of hydrogen-bond donors (Lipinski definition) is 1. The van der Waals surface area contributed by atoms with E-state index in [2.05, 4.69) is 9.97 Å². The summed E-state index contributed by atoms with van der Waals surface area (Å²) in [4.78, 5) is 22.3. The van der Waals surface area contributed by atoms with E-state index in [-0.39, 0.29) is 5.91 Å². The topological polar surface area (TPSA) is 72.1 Å². The summed E-state index contributed by atoms with van der Waals surface area (Å²) >= 11 is 1.44. The van der Waals surface area contributed by atoms with E-state index in [9.17, 15) is 4.79 Å². The Bertz CT molecular complexity index is 583. The highest BCUT2D eigenvalue weighted by atomic mass is 32.2. The minimum atomic E-state index is -0.0625. The van der Waals surface area contributed by atoms with Gasteiger partial charge in [-0.2, -0.15) is 0 Å². The fourth-order valence-corrected chi connectivity index (χ4v) is 2.19. The number of carbonyl (C=O) groups excluding carboxylic acids is 1. The Morgan fingerprint density at radius 3 is 2.63 bits per heavy atom. The number of pyridine rings is 2. The Morgan fingerprint density at radius 1 is 1.26 bits per heavy atom. The average Bonchev–Trinajstić information content (AvgIpc) is 2.41. The highest BCUT2D eigenvalue weighted by Crippen LogP contribution is 2.29. The van der Waals surface area contributed by atoms with E-state index in [1.807, 2.05) is 6.07 Å². The van der Waals surface area contributed by atoms with Crippen LogP contribution < -0.4 is 5.73 Å². The van der Waals surface area contributed by atoms with Gasteiger partial charge in [-0.05, 0) is 18.2 Å². The van der Waals surface area contributed by atoms with Crippen molar-refractivity contribution in [3.8, 4) is 0 Å².